The van der Waals surface area contributed by atoms with Crippen molar-refractivity contribution in [3.63, 3.8) is 0 Å². The quantitative estimate of drug-likeness (QED) is 0.680. The van der Waals surface area contributed by atoms with Crippen LogP contribution in [-0.2, 0) is 16.4 Å². The van der Waals surface area contributed by atoms with Crippen molar-refractivity contribution in [1.82, 2.24) is 20.1 Å². The highest BCUT2D eigenvalue weighted by Crippen LogP contribution is 2.31. The Morgan fingerprint density at radius 2 is 2.00 bits per heavy atom. The summed E-state index contributed by atoms with van der Waals surface area (Å²) >= 11 is 0. The maximum atomic E-state index is 12.7. The Morgan fingerprint density at radius 1 is 1.17 bits per heavy atom. The van der Waals surface area contributed by atoms with Crippen molar-refractivity contribution in [3.8, 4) is 11.3 Å². The van der Waals surface area contributed by atoms with Gasteiger partial charge in [-0.2, -0.15) is 5.10 Å². The summed E-state index contributed by atoms with van der Waals surface area (Å²) in [5.41, 5.74) is 4.98. The molecule has 8 heteroatoms. The number of carbonyl (C=O) groups excluding carboxylic acids is 1. The monoisotopic (exact) mass is 424 g/mol. The number of hydrogen-bond acceptors (Lipinski definition) is 5. The van der Waals surface area contributed by atoms with Crippen LogP contribution in [0, 0.1) is 13.8 Å². The summed E-state index contributed by atoms with van der Waals surface area (Å²) in [7, 11) is -3.08. The molecule has 1 amide bonds. The molecule has 0 spiro atoms. The van der Waals surface area contributed by atoms with Crippen molar-refractivity contribution in [2.45, 2.75) is 32.9 Å². The molecule has 0 bridgehead atoms. The normalized spacial score (nSPS) is 17.7. The van der Waals surface area contributed by atoms with Crippen molar-refractivity contribution in [3.05, 3.63) is 71.2 Å². The summed E-state index contributed by atoms with van der Waals surface area (Å²) in [6.07, 6.45) is 2.17. The second-order valence-corrected chi connectivity index (χ2v) is 9.95. The Bertz CT molecular complexity index is 1190. The number of sulfone groups is 1. The Morgan fingerprint density at radius 3 is 2.67 bits per heavy atom. The van der Waals surface area contributed by atoms with E-state index in [1.165, 1.54) is 5.56 Å². The second-order valence-electron chi connectivity index (χ2n) is 7.72. The lowest BCUT2D eigenvalue weighted by atomic mass is 10.0. The fraction of sp³-hybridized carbons (Fsp3) is 0.318. The minimum atomic E-state index is -3.08. The third-order valence-corrected chi connectivity index (χ3v) is 7.23. The topological polar surface area (TPSA) is 93.9 Å². The van der Waals surface area contributed by atoms with E-state index in [1.807, 2.05) is 50.2 Å². The zero-order chi connectivity index (χ0) is 21.3. The van der Waals surface area contributed by atoms with Gasteiger partial charge in [-0.3, -0.25) is 14.5 Å². The van der Waals surface area contributed by atoms with Gasteiger partial charge in [-0.25, -0.2) is 8.42 Å². The van der Waals surface area contributed by atoms with Crippen molar-refractivity contribution in [2.24, 2.45) is 0 Å². The molecule has 1 N–H and O–H groups in total. The number of carbonyl (C=O) groups is 1. The molecule has 0 radical (unpaired) electrons. The van der Waals surface area contributed by atoms with Crippen molar-refractivity contribution in [1.29, 1.82) is 0 Å². The number of hydrogen-bond donors (Lipinski definition) is 1. The number of nitrogens with one attached hydrogen (secondary N) is 1. The molecule has 7 nitrogen and oxygen atoms in total. The van der Waals surface area contributed by atoms with Crippen LogP contribution in [0.25, 0.3) is 11.3 Å². The fourth-order valence-electron chi connectivity index (χ4n) is 3.63. The highest BCUT2D eigenvalue weighted by atomic mass is 32.2. The Labute approximate surface area is 176 Å². The van der Waals surface area contributed by atoms with Crippen molar-refractivity contribution in [2.75, 3.05) is 11.5 Å². The Kier molecular flexibility index (Phi) is 5.42. The van der Waals surface area contributed by atoms with Crippen LogP contribution >= 0.6 is 0 Å². The van der Waals surface area contributed by atoms with Gasteiger partial charge in [0.15, 0.2) is 15.5 Å². The molecule has 3 aromatic rings. The molecule has 2 aromatic heterocycles. The first-order valence-corrected chi connectivity index (χ1v) is 11.7. The summed E-state index contributed by atoms with van der Waals surface area (Å²) in [6, 6.07) is 13.0. The molecule has 3 heterocycles. The first-order chi connectivity index (χ1) is 14.3. The van der Waals surface area contributed by atoms with Crippen LogP contribution < -0.4 is 5.32 Å². The number of amides is 1. The smallest absolute Gasteiger partial charge is 0.272 e. The predicted octanol–water partition coefficient (Wildman–Crippen LogP) is 2.85. The summed E-state index contributed by atoms with van der Waals surface area (Å²) in [5, 5.41) is 7.36. The van der Waals surface area contributed by atoms with Crippen LogP contribution in [0.3, 0.4) is 0 Å². The third kappa shape index (κ3) is 4.28. The molecule has 1 aromatic carbocycles. The second kappa shape index (κ2) is 8.02. The van der Waals surface area contributed by atoms with Crippen LogP contribution in [-0.4, -0.2) is 40.6 Å². The molecule has 0 aliphatic carbocycles. The van der Waals surface area contributed by atoms with Gasteiger partial charge in [0, 0.05) is 11.8 Å². The van der Waals surface area contributed by atoms with Gasteiger partial charge in [0.25, 0.3) is 5.91 Å². The highest BCUT2D eigenvalue weighted by molar-refractivity contribution is 7.91. The lowest BCUT2D eigenvalue weighted by Gasteiger charge is -2.14. The van der Waals surface area contributed by atoms with Crippen molar-refractivity contribution >= 4 is 15.7 Å². The average molecular weight is 425 g/mol. The van der Waals surface area contributed by atoms with Crippen LogP contribution in [0.1, 0.15) is 39.8 Å². The molecule has 1 saturated heterocycles. The van der Waals surface area contributed by atoms with E-state index in [1.54, 1.807) is 16.9 Å². The van der Waals surface area contributed by atoms with E-state index in [4.69, 9.17) is 0 Å². The van der Waals surface area contributed by atoms with E-state index in [9.17, 15) is 13.2 Å². The maximum absolute atomic E-state index is 12.7. The Balaban J connectivity index is 1.66. The maximum Gasteiger partial charge on any atom is 0.272 e. The molecule has 0 saturated carbocycles. The zero-order valence-corrected chi connectivity index (χ0v) is 17.8. The number of rotatable bonds is 5. The number of nitrogens with zero attached hydrogens (tertiary/aromatic N) is 3. The minimum Gasteiger partial charge on any atom is -0.345 e. The third-order valence-electron chi connectivity index (χ3n) is 5.48. The summed E-state index contributed by atoms with van der Waals surface area (Å²) in [6.45, 7) is 4.36. The number of aromatic nitrogens is 3. The summed E-state index contributed by atoms with van der Waals surface area (Å²) in [5.74, 6) is -0.127. The highest BCUT2D eigenvalue weighted by Gasteiger charge is 2.32. The minimum absolute atomic E-state index is 0.0432. The molecular formula is C22H24N4O3S. The van der Waals surface area contributed by atoms with Crippen molar-refractivity contribution < 1.29 is 13.2 Å². The van der Waals surface area contributed by atoms with E-state index >= 15 is 0 Å². The largest absolute Gasteiger partial charge is 0.345 e. The van der Waals surface area contributed by atoms with E-state index in [0.29, 0.717) is 13.0 Å². The molecule has 4 rings (SSSR count). The van der Waals surface area contributed by atoms with Crippen LogP contribution in [0.5, 0.6) is 0 Å². The summed E-state index contributed by atoms with van der Waals surface area (Å²) < 4.78 is 25.8. The van der Waals surface area contributed by atoms with Gasteiger partial charge in [-0.15, -0.1) is 0 Å². The zero-order valence-electron chi connectivity index (χ0n) is 17.0. The van der Waals surface area contributed by atoms with E-state index in [-0.39, 0.29) is 29.1 Å². The van der Waals surface area contributed by atoms with Crippen LogP contribution in [0.2, 0.25) is 0 Å². The van der Waals surface area contributed by atoms with Crippen LogP contribution in [0.4, 0.5) is 0 Å². The molecule has 1 fully saturated rings. The lowest BCUT2D eigenvalue weighted by Crippen LogP contribution is -2.24. The molecule has 1 aliphatic rings. The van der Waals surface area contributed by atoms with Gasteiger partial charge in [0.1, 0.15) is 0 Å². The van der Waals surface area contributed by atoms with Gasteiger partial charge >= 0.3 is 0 Å². The van der Waals surface area contributed by atoms with Gasteiger partial charge < -0.3 is 5.32 Å². The molecule has 1 atom stereocenters. The molecule has 156 valence electrons. The van der Waals surface area contributed by atoms with E-state index in [0.717, 1.165) is 22.5 Å². The molecule has 1 aliphatic heterocycles. The van der Waals surface area contributed by atoms with E-state index in [2.05, 4.69) is 15.4 Å². The lowest BCUT2D eigenvalue weighted by molar-refractivity contribution is 0.0944. The van der Waals surface area contributed by atoms with Gasteiger partial charge in [0.05, 0.1) is 35.5 Å². The fourth-order valence-corrected chi connectivity index (χ4v) is 5.32. The first-order valence-electron chi connectivity index (χ1n) is 9.88. The number of benzene rings is 1. The standard InChI is InChI=1S/C22H24N4O3S/c1-15-6-7-17(11-16(15)2)21-12-20(22(27)24-13-18-5-3-4-9-23-18)25-26(21)19-8-10-30(28,29)14-19/h3-7,9,11-12,19H,8,10,13-14H2,1-2H3,(H,24,27). The van der Waals surface area contributed by atoms with Gasteiger partial charge in [-0.1, -0.05) is 18.2 Å². The number of pyridine rings is 1. The molecule has 1 unspecified atom stereocenters. The van der Waals surface area contributed by atoms with Crippen LogP contribution in [0.15, 0.2) is 48.7 Å². The van der Waals surface area contributed by atoms with E-state index < -0.39 is 9.84 Å². The van der Waals surface area contributed by atoms with Gasteiger partial charge in [0.2, 0.25) is 0 Å². The van der Waals surface area contributed by atoms with Gasteiger partial charge in [-0.05, 0) is 55.7 Å². The Hall–Kier alpha value is -3.00. The summed E-state index contributed by atoms with van der Waals surface area (Å²) in [4.78, 5) is 16.9. The first kappa shape index (κ1) is 20.3. The molecule has 30 heavy (non-hydrogen) atoms. The number of aryl methyl sites for hydroxylation is 2. The predicted molar refractivity (Wildman–Crippen MR) is 115 cm³/mol. The molecular weight excluding hydrogens is 400 g/mol. The SMILES string of the molecule is Cc1ccc(-c2cc(C(=O)NCc3ccccn3)nn2C2CCS(=O)(=O)C2)cc1C. The average Bonchev–Trinajstić information content (AvgIpc) is 3.32.